The Labute approximate surface area is 152 Å². The molecule has 136 valence electrons. The maximum Gasteiger partial charge on any atom is 0.197 e. The molecule has 0 N–H and O–H groups in total. The lowest BCUT2D eigenvalue weighted by atomic mass is 9.98. The summed E-state index contributed by atoms with van der Waals surface area (Å²) >= 11 is 0. The molecule has 0 fully saturated rings. The van der Waals surface area contributed by atoms with Crippen LogP contribution in [0.3, 0.4) is 0 Å². The molecule has 3 rings (SSSR count). The number of ketones is 1. The van der Waals surface area contributed by atoms with Crippen LogP contribution in [0.1, 0.15) is 54.8 Å². The summed E-state index contributed by atoms with van der Waals surface area (Å²) in [6, 6.07) is 11.9. The highest BCUT2D eigenvalue weighted by Gasteiger charge is 2.22. The lowest BCUT2D eigenvalue weighted by Crippen LogP contribution is -2.05. The Kier molecular flexibility index (Phi) is 5.71. The molecule has 0 unspecified atom stereocenters. The minimum atomic E-state index is -0.521. The lowest BCUT2D eigenvalue weighted by molar-refractivity contribution is 0.103. The van der Waals surface area contributed by atoms with Crippen molar-refractivity contribution in [3.05, 3.63) is 65.2 Å². The molecule has 4 heteroatoms. The topological polar surface area (TPSA) is 39.4 Å². The van der Waals surface area contributed by atoms with E-state index in [0.717, 1.165) is 24.6 Å². The number of benzene rings is 2. The summed E-state index contributed by atoms with van der Waals surface area (Å²) in [6.07, 6.45) is 3.41. The molecule has 2 aromatic carbocycles. The molecule has 0 saturated carbocycles. The molecule has 0 bridgehead atoms. The summed E-state index contributed by atoms with van der Waals surface area (Å²) in [5.41, 5.74) is 1.52. The first-order chi connectivity index (χ1) is 12.7. The Hall–Kier alpha value is -2.62. The third kappa shape index (κ3) is 3.64. The highest BCUT2D eigenvalue weighted by molar-refractivity contribution is 6.16. The van der Waals surface area contributed by atoms with Crippen molar-refractivity contribution in [1.82, 2.24) is 0 Å². The zero-order valence-corrected chi connectivity index (χ0v) is 15.2. The summed E-state index contributed by atoms with van der Waals surface area (Å²) < 4.78 is 25.6. The first-order valence-corrected chi connectivity index (χ1v) is 9.13. The van der Waals surface area contributed by atoms with Gasteiger partial charge in [-0.15, -0.1) is 0 Å². The van der Waals surface area contributed by atoms with Gasteiger partial charge in [-0.1, -0.05) is 38.5 Å². The molecule has 3 nitrogen and oxygen atoms in total. The minimum absolute atomic E-state index is 0.173. The number of hydrogen-bond donors (Lipinski definition) is 0. The number of unbranched alkanes of at least 4 members (excludes halogenated alkanes) is 1. The number of halogens is 1. The van der Waals surface area contributed by atoms with Gasteiger partial charge in [-0.25, -0.2) is 4.39 Å². The number of hydrogen-bond acceptors (Lipinski definition) is 3. The monoisotopic (exact) mass is 354 g/mol. The lowest BCUT2D eigenvalue weighted by Gasteiger charge is -2.08. The maximum absolute atomic E-state index is 14.3. The van der Waals surface area contributed by atoms with Crippen LogP contribution in [0.15, 0.2) is 46.9 Å². The van der Waals surface area contributed by atoms with E-state index in [1.165, 1.54) is 12.1 Å². The molecule has 1 heterocycles. The third-order valence-corrected chi connectivity index (χ3v) is 4.31. The maximum atomic E-state index is 14.3. The van der Waals surface area contributed by atoms with Crippen molar-refractivity contribution in [3.63, 3.8) is 0 Å². The number of carbonyl (C=O) groups excluding carboxylic acids is 1. The van der Waals surface area contributed by atoms with Crippen molar-refractivity contribution in [2.75, 3.05) is 6.61 Å². The fourth-order valence-electron chi connectivity index (χ4n) is 2.97. The molecule has 0 saturated heterocycles. The van der Waals surface area contributed by atoms with Crippen LogP contribution in [-0.2, 0) is 6.42 Å². The van der Waals surface area contributed by atoms with Crippen LogP contribution in [0, 0.1) is 5.82 Å². The summed E-state index contributed by atoms with van der Waals surface area (Å²) in [7, 11) is 0. The molecule has 0 aliphatic rings. The first-order valence-electron chi connectivity index (χ1n) is 9.13. The zero-order chi connectivity index (χ0) is 18.5. The van der Waals surface area contributed by atoms with Crippen LogP contribution in [-0.4, -0.2) is 12.4 Å². The van der Waals surface area contributed by atoms with E-state index < -0.39 is 5.82 Å². The van der Waals surface area contributed by atoms with Gasteiger partial charge >= 0.3 is 0 Å². The van der Waals surface area contributed by atoms with E-state index in [2.05, 4.69) is 6.92 Å². The SMILES string of the molecule is CCCCc1oc2ccccc2c1C(=O)c1ccc(OCCC)c(F)c1. The fraction of sp³-hybridized carbons (Fsp3) is 0.318. The van der Waals surface area contributed by atoms with Crippen LogP contribution in [0.25, 0.3) is 11.0 Å². The number of furan rings is 1. The number of fused-ring (bicyclic) bond motifs is 1. The number of para-hydroxylation sites is 1. The first kappa shape index (κ1) is 18.2. The van der Waals surface area contributed by atoms with Crippen molar-refractivity contribution in [1.29, 1.82) is 0 Å². The quantitative estimate of drug-likeness (QED) is 0.470. The molecule has 0 spiro atoms. The molecule has 0 aliphatic heterocycles. The van der Waals surface area contributed by atoms with E-state index in [4.69, 9.17) is 9.15 Å². The van der Waals surface area contributed by atoms with Crippen molar-refractivity contribution in [3.8, 4) is 5.75 Å². The van der Waals surface area contributed by atoms with Gasteiger partial charge < -0.3 is 9.15 Å². The van der Waals surface area contributed by atoms with Gasteiger partial charge in [-0.05, 0) is 37.1 Å². The number of rotatable bonds is 8. The van der Waals surface area contributed by atoms with Gasteiger partial charge in [0.1, 0.15) is 11.3 Å². The standard InChI is InChI=1S/C22H23FO3/c1-3-5-9-20-21(16-8-6-7-10-18(16)26-20)22(24)15-11-12-19(17(23)14-15)25-13-4-2/h6-8,10-12,14H,3-5,9,13H2,1-2H3. The number of aryl methyl sites for hydroxylation is 1. The summed E-state index contributed by atoms with van der Waals surface area (Å²) in [6.45, 7) is 4.49. The van der Waals surface area contributed by atoms with Gasteiger partial charge in [0.25, 0.3) is 0 Å². The van der Waals surface area contributed by atoms with Gasteiger partial charge in [0.05, 0.1) is 12.2 Å². The van der Waals surface area contributed by atoms with E-state index >= 15 is 0 Å². The second kappa shape index (κ2) is 8.17. The van der Waals surface area contributed by atoms with E-state index in [9.17, 15) is 9.18 Å². The summed E-state index contributed by atoms with van der Waals surface area (Å²) in [5, 5.41) is 0.773. The van der Waals surface area contributed by atoms with Gasteiger partial charge in [0.15, 0.2) is 17.3 Å². The van der Waals surface area contributed by atoms with Gasteiger partial charge in [0.2, 0.25) is 0 Å². The van der Waals surface area contributed by atoms with E-state index in [1.54, 1.807) is 6.07 Å². The molecular formula is C22H23FO3. The third-order valence-electron chi connectivity index (χ3n) is 4.31. The highest BCUT2D eigenvalue weighted by atomic mass is 19.1. The average Bonchev–Trinajstić information content (AvgIpc) is 3.03. The summed E-state index contributed by atoms with van der Waals surface area (Å²) in [5.74, 6) is 0.102. The van der Waals surface area contributed by atoms with Gasteiger partial charge in [-0.3, -0.25) is 4.79 Å². The molecule has 3 aromatic rings. The van der Waals surface area contributed by atoms with Crippen LogP contribution in [0.4, 0.5) is 4.39 Å². The predicted molar refractivity (Wildman–Crippen MR) is 100 cm³/mol. The Morgan fingerprint density at radius 2 is 1.92 bits per heavy atom. The van der Waals surface area contributed by atoms with E-state index in [1.807, 2.05) is 31.2 Å². The van der Waals surface area contributed by atoms with Crippen LogP contribution in [0.5, 0.6) is 5.75 Å². The van der Waals surface area contributed by atoms with Crippen molar-refractivity contribution >= 4 is 16.8 Å². The Morgan fingerprint density at radius 1 is 1.12 bits per heavy atom. The Bertz CT molecular complexity index is 911. The van der Waals surface area contributed by atoms with Crippen LogP contribution >= 0.6 is 0 Å². The Morgan fingerprint density at radius 3 is 2.65 bits per heavy atom. The van der Waals surface area contributed by atoms with Gasteiger partial charge in [0, 0.05) is 17.4 Å². The molecule has 26 heavy (non-hydrogen) atoms. The number of ether oxygens (including phenoxy) is 1. The van der Waals surface area contributed by atoms with Crippen molar-refractivity contribution in [2.45, 2.75) is 39.5 Å². The average molecular weight is 354 g/mol. The minimum Gasteiger partial charge on any atom is -0.491 e. The second-order valence-corrected chi connectivity index (χ2v) is 6.32. The second-order valence-electron chi connectivity index (χ2n) is 6.32. The Balaban J connectivity index is 2.00. The predicted octanol–water partition coefficient (Wildman–Crippen LogP) is 5.93. The molecule has 0 atom stereocenters. The van der Waals surface area contributed by atoms with Crippen molar-refractivity contribution < 1.29 is 18.3 Å². The van der Waals surface area contributed by atoms with Crippen LogP contribution in [0.2, 0.25) is 0 Å². The van der Waals surface area contributed by atoms with Gasteiger partial charge in [-0.2, -0.15) is 0 Å². The molecule has 1 aromatic heterocycles. The normalized spacial score (nSPS) is 11.0. The van der Waals surface area contributed by atoms with Crippen LogP contribution < -0.4 is 4.74 Å². The smallest absolute Gasteiger partial charge is 0.197 e. The zero-order valence-electron chi connectivity index (χ0n) is 15.2. The van der Waals surface area contributed by atoms with E-state index in [0.29, 0.717) is 35.5 Å². The van der Waals surface area contributed by atoms with Crippen molar-refractivity contribution in [2.24, 2.45) is 0 Å². The molecule has 0 amide bonds. The largest absolute Gasteiger partial charge is 0.491 e. The molecular weight excluding hydrogens is 331 g/mol. The fourth-order valence-corrected chi connectivity index (χ4v) is 2.97. The van der Waals surface area contributed by atoms with E-state index in [-0.39, 0.29) is 11.5 Å². The number of carbonyl (C=O) groups is 1. The summed E-state index contributed by atoms with van der Waals surface area (Å²) in [4.78, 5) is 13.1. The molecule has 0 aliphatic carbocycles. The highest BCUT2D eigenvalue weighted by Crippen LogP contribution is 2.30. The molecule has 0 radical (unpaired) electrons.